The molecule has 16 heavy (non-hydrogen) atoms. The van der Waals surface area contributed by atoms with Crippen LogP contribution in [0.3, 0.4) is 0 Å². The van der Waals surface area contributed by atoms with Crippen molar-refractivity contribution < 1.29 is 0 Å². The summed E-state index contributed by atoms with van der Waals surface area (Å²) in [7, 11) is 0. The third kappa shape index (κ3) is 1.59. The van der Waals surface area contributed by atoms with Crippen LogP contribution < -0.4 is 5.73 Å². The predicted octanol–water partition coefficient (Wildman–Crippen LogP) is 2.24. The lowest BCUT2D eigenvalue weighted by molar-refractivity contribution is 0.835. The normalized spacial score (nSPS) is 14.8. The number of benzene rings is 1. The van der Waals surface area contributed by atoms with Crippen LogP contribution in [0.15, 0.2) is 30.5 Å². The molecule has 0 amide bonds. The number of hydrogen-bond acceptors (Lipinski definition) is 3. The van der Waals surface area contributed by atoms with E-state index in [1.807, 2.05) is 46.9 Å². The van der Waals surface area contributed by atoms with Gasteiger partial charge in [-0.2, -0.15) is 16.9 Å². The second-order valence-electron chi connectivity index (χ2n) is 3.92. The van der Waals surface area contributed by atoms with Gasteiger partial charge in [0, 0.05) is 11.4 Å². The van der Waals surface area contributed by atoms with Crippen molar-refractivity contribution in [3.63, 3.8) is 0 Å². The Kier molecular flexibility index (Phi) is 2.36. The molecule has 3 rings (SSSR count). The van der Waals surface area contributed by atoms with Crippen LogP contribution in [0.25, 0.3) is 5.69 Å². The first-order valence-electron chi connectivity index (χ1n) is 5.34. The first-order valence-corrected chi connectivity index (χ1v) is 6.49. The summed E-state index contributed by atoms with van der Waals surface area (Å²) in [6, 6.07) is 7.86. The van der Waals surface area contributed by atoms with Crippen LogP contribution in [0, 0.1) is 0 Å². The maximum absolute atomic E-state index is 5.68. The lowest BCUT2D eigenvalue weighted by Crippen LogP contribution is -2.07. The summed E-state index contributed by atoms with van der Waals surface area (Å²) in [6.07, 6.45) is 3.13. The molecule has 0 atom stereocenters. The first-order chi connectivity index (χ1) is 7.84. The number of aryl methyl sites for hydroxylation is 1. The van der Waals surface area contributed by atoms with E-state index in [9.17, 15) is 0 Å². The molecule has 3 nitrogen and oxygen atoms in total. The summed E-state index contributed by atoms with van der Waals surface area (Å²) >= 11 is 1.97. The van der Waals surface area contributed by atoms with Gasteiger partial charge in [-0.25, -0.2) is 4.68 Å². The van der Waals surface area contributed by atoms with Gasteiger partial charge in [0.15, 0.2) is 0 Å². The van der Waals surface area contributed by atoms with Gasteiger partial charge in [-0.15, -0.1) is 0 Å². The minimum atomic E-state index is 0.791. The second kappa shape index (κ2) is 3.87. The van der Waals surface area contributed by atoms with Crippen LogP contribution in [0.5, 0.6) is 0 Å². The van der Waals surface area contributed by atoms with Gasteiger partial charge in [0.25, 0.3) is 0 Å². The number of nitrogens with two attached hydrogens (primary N) is 1. The van der Waals surface area contributed by atoms with E-state index in [2.05, 4.69) is 5.10 Å². The Balaban J connectivity index is 2.06. The lowest BCUT2D eigenvalue weighted by atomic mass is 10.2. The molecule has 1 aliphatic heterocycles. The topological polar surface area (TPSA) is 43.8 Å². The molecule has 2 aromatic rings. The molecule has 0 spiro atoms. The number of nitrogen functional groups attached to an aromatic ring is 1. The summed E-state index contributed by atoms with van der Waals surface area (Å²) in [5, 5.41) is 4.46. The molecule has 1 aliphatic rings. The number of nitrogens with zero attached hydrogens (tertiary/aromatic N) is 2. The molecular weight excluding hydrogens is 218 g/mol. The van der Waals surface area contributed by atoms with Crippen molar-refractivity contribution in [2.45, 2.75) is 12.2 Å². The Labute approximate surface area is 98.6 Å². The molecule has 0 saturated carbocycles. The van der Waals surface area contributed by atoms with Gasteiger partial charge in [-0.1, -0.05) is 0 Å². The SMILES string of the molecule is Nc1ccc(-n2ncc3c2CSCC3)cc1. The van der Waals surface area contributed by atoms with Gasteiger partial charge in [-0.3, -0.25) is 0 Å². The maximum Gasteiger partial charge on any atom is 0.0650 e. The van der Waals surface area contributed by atoms with E-state index in [0.29, 0.717) is 0 Å². The summed E-state index contributed by atoms with van der Waals surface area (Å²) in [4.78, 5) is 0. The third-order valence-electron chi connectivity index (χ3n) is 2.85. The zero-order valence-corrected chi connectivity index (χ0v) is 9.70. The molecule has 1 aromatic heterocycles. The first kappa shape index (κ1) is 9.78. The summed E-state index contributed by atoms with van der Waals surface area (Å²) in [5.74, 6) is 2.26. The van der Waals surface area contributed by atoms with E-state index in [0.717, 1.165) is 23.5 Å². The highest BCUT2D eigenvalue weighted by molar-refractivity contribution is 7.98. The Bertz CT molecular complexity index is 501. The Morgan fingerprint density at radius 3 is 2.88 bits per heavy atom. The van der Waals surface area contributed by atoms with Crippen LogP contribution in [-0.4, -0.2) is 15.5 Å². The van der Waals surface area contributed by atoms with E-state index in [-0.39, 0.29) is 0 Å². The fourth-order valence-electron chi connectivity index (χ4n) is 1.96. The van der Waals surface area contributed by atoms with Gasteiger partial charge in [0.05, 0.1) is 17.6 Å². The molecule has 0 radical (unpaired) electrons. The molecule has 0 fully saturated rings. The molecule has 1 aromatic carbocycles. The van der Waals surface area contributed by atoms with Crippen molar-refractivity contribution in [2.75, 3.05) is 11.5 Å². The molecule has 0 bridgehead atoms. The van der Waals surface area contributed by atoms with Crippen LogP contribution in [0.4, 0.5) is 5.69 Å². The number of hydrogen-bond donors (Lipinski definition) is 1. The third-order valence-corrected chi connectivity index (χ3v) is 3.82. The number of rotatable bonds is 1. The smallest absolute Gasteiger partial charge is 0.0650 e. The summed E-state index contributed by atoms with van der Waals surface area (Å²) < 4.78 is 2.03. The highest BCUT2D eigenvalue weighted by atomic mass is 32.2. The van der Waals surface area contributed by atoms with Gasteiger partial charge in [0.2, 0.25) is 0 Å². The highest BCUT2D eigenvalue weighted by Crippen LogP contribution is 2.26. The number of aromatic nitrogens is 2. The molecule has 2 heterocycles. The molecule has 0 aliphatic carbocycles. The number of thioether (sulfide) groups is 1. The van der Waals surface area contributed by atoms with E-state index in [1.54, 1.807) is 0 Å². The largest absolute Gasteiger partial charge is 0.399 e. The zero-order chi connectivity index (χ0) is 11.0. The standard InChI is InChI=1S/C12H13N3S/c13-10-1-3-11(4-2-10)15-12-8-16-6-5-9(12)7-14-15/h1-4,7H,5-6,8,13H2. The van der Waals surface area contributed by atoms with E-state index >= 15 is 0 Å². The maximum atomic E-state index is 5.68. The minimum absolute atomic E-state index is 0.791. The predicted molar refractivity (Wildman–Crippen MR) is 67.8 cm³/mol. The second-order valence-corrected chi connectivity index (χ2v) is 5.03. The van der Waals surface area contributed by atoms with Crippen molar-refractivity contribution in [1.29, 1.82) is 0 Å². The summed E-state index contributed by atoms with van der Waals surface area (Å²) in [6.45, 7) is 0. The van der Waals surface area contributed by atoms with Gasteiger partial charge in [0.1, 0.15) is 0 Å². The van der Waals surface area contributed by atoms with Gasteiger partial charge < -0.3 is 5.73 Å². The number of anilines is 1. The highest BCUT2D eigenvalue weighted by Gasteiger charge is 2.15. The average molecular weight is 231 g/mol. The van der Waals surface area contributed by atoms with Gasteiger partial charge in [-0.05, 0) is 42.0 Å². The average Bonchev–Trinajstić information content (AvgIpc) is 2.74. The van der Waals surface area contributed by atoms with Crippen LogP contribution in [0.2, 0.25) is 0 Å². The molecular formula is C12H13N3S. The minimum Gasteiger partial charge on any atom is -0.399 e. The quantitative estimate of drug-likeness (QED) is 0.765. The molecule has 0 saturated heterocycles. The molecule has 4 heteroatoms. The Morgan fingerprint density at radius 2 is 2.06 bits per heavy atom. The van der Waals surface area contributed by atoms with Crippen molar-refractivity contribution in [3.05, 3.63) is 41.7 Å². The van der Waals surface area contributed by atoms with Crippen molar-refractivity contribution in [1.82, 2.24) is 9.78 Å². The number of fused-ring (bicyclic) bond motifs is 1. The lowest BCUT2D eigenvalue weighted by Gasteiger charge is -2.13. The summed E-state index contributed by atoms with van der Waals surface area (Å²) in [5.41, 5.74) is 10.3. The monoisotopic (exact) mass is 231 g/mol. The van der Waals surface area contributed by atoms with Crippen LogP contribution in [0.1, 0.15) is 11.3 Å². The Hall–Kier alpha value is -1.42. The van der Waals surface area contributed by atoms with Crippen LogP contribution in [-0.2, 0) is 12.2 Å². The molecule has 0 unspecified atom stereocenters. The van der Waals surface area contributed by atoms with Gasteiger partial charge >= 0.3 is 0 Å². The van der Waals surface area contributed by atoms with Crippen molar-refractivity contribution in [2.24, 2.45) is 0 Å². The fraction of sp³-hybridized carbons (Fsp3) is 0.250. The van der Waals surface area contributed by atoms with Crippen molar-refractivity contribution >= 4 is 17.4 Å². The molecule has 82 valence electrons. The zero-order valence-electron chi connectivity index (χ0n) is 8.89. The van der Waals surface area contributed by atoms with Crippen LogP contribution >= 0.6 is 11.8 Å². The Morgan fingerprint density at radius 1 is 1.25 bits per heavy atom. The van der Waals surface area contributed by atoms with E-state index < -0.39 is 0 Å². The fourth-order valence-corrected chi connectivity index (χ4v) is 2.97. The van der Waals surface area contributed by atoms with E-state index in [4.69, 9.17) is 5.73 Å². The molecule has 2 N–H and O–H groups in total. The van der Waals surface area contributed by atoms with E-state index in [1.165, 1.54) is 17.0 Å². The van der Waals surface area contributed by atoms with Crippen molar-refractivity contribution in [3.8, 4) is 5.69 Å².